The molecule has 0 saturated heterocycles. The number of unbranched alkanes of at least 4 members (excludes halogenated alkanes) is 8. The highest BCUT2D eigenvalue weighted by Gasteiger charge is 2.41. The van der Waals surface area contributed by atoms with Crippen molar-refractivity contribution in [1.82, 2.24) is 0 Å². The highest BCUT2D eigenvalue weighted by molar-refractivity contribution is 4.91. The summed E-state index contributed by atoms with van der Waals surface area (Å²) < 4.78 is 0. The van der Waals surface area contributed by atoms with Gasteiger partial charge in [-0.1, -0.05) is 96.8 Å². The second-order valence-electron chi connectivity index (χ2n) is 10.9. The lowest BCUT2D eigenvalue weighted by Gasteiger charge is -2.47. The summed E-state index contributed by atoms with van der Waals surface area (Å²) in [5.74, 6) is 4.92. The molecule has 0 bridgehead atoms. The molecule has 3 saturated carbocycles. The van der Waals surface area contributed by atoms with Crippen LogP contribution in [0.4, 0.5) is 0 Å². The van der Waals surface area contributed by atoms with Crippen molar-refractivity contribution in [1.29, 1.82) is 0 Å². The van der Waals surface area contributed by atoms with Gasteiger partial charge in [0, 0.05) is 0 Å². The van der Waals surface area contributed by atoms with E-state index >= 15 is 0 Å². The van der Waals surface area contributed by atoms with E-state index in [0.717, 1.165) is 42.4 Å². The van der Waals surface area contributed by atoms with E-state index in [-0.39, 0.29) is 6.10 Å². The molecule has 1 nitrogen and oxygen atoms in total. The highest BCUT2D eigenvalue weighted by Crippen LogP contribution is 2.50. The molecule has 4 unspecified atom stereocenters. The van der Waals surface area contributed by atoms with E-state index in [2.05, 4.69) is 6.92 Å². The fourth-order valence-corrected chi connectivity index (χ4v) is 7.22. The first-order valence-corrected chi connectivity index (χ1v) is 13.5. The van der Waals surface area contributed by atoms with Gasteiger partial charge < -0.3 is 5.11 Å². The van der Waals surface area contributed by atoms with Gasteiger partial charge in [0.2, 0.25) is 0 Å². The van der Waals surface area contributed by atoms with Crippen LogP contribution in [0.15, 0.2) is 0 Å². The molecule has 28 heavy (non-hydrogen) atoms. The zero-order valence-corrected chi connectivity index (χ0v) is 19.1. The Morgan fingerprint density at radius 1 is 0.607 bits per heavy atom. The van der Waals surface area contributed by atoms with Crippen LogP contribution in [0.25, 0.3) is 0 Å². The van der Waals surface area contributed by atoms with Gasteiger partial charge in [0.25, 0.3) is 0 Å². The fourth-order valence-electron chi connectivity index (χ4n) is 7.22. The van der Waals surface area contributed by atoms with Gasteiger partial charge in [0.1, 0.15) is 0 Å². The predicted octanol–water partition coefficient (Wildman–Crippen LogP) is 8.29. The molecule has 0 aromatic carbocycles. The molecule has 1 heteroatoms. The number of fused-ring (bicyclic) bond motifs is 1. The summed E-state index contributed by atoms with van der Waals surface area (Å²) in [6.07, 6.45) is 28.7. The van der Waals surface area contributed by atoms with E-state index in [4.69, 9.17) is 0 Å². The SMILES string of the molecule is CCCCCCCCCCCC1CCC(C2CCCC3CC(O)CCC32)CC1. The predicted molar refractivity (Wildman–Crippen MR) is 121 cm³/mol. The maximum atomic E-state index is 10.1. The molecule has 0 spiro atoms. The summed E-state index contributed by atoms with van der Waals surface area (Å²) >= 11 is 0. The summed E-state index contributed by atoms with van der Waals surface area (Å²) in [5, 5.41) is 10.1. The Morgan fingerprint density at radius 3 is 1.96 bits per heavy atom. The molecule has 0 heterocycles. The van der Waals surface area contributed by atoms with Gasteiger partial charge >= 0.3 is 0 Å². The molecule has 0 aromatic rings. The van der Waals surface area contributed by atoms with Crippen molar-refractivity contribution in [3.63, 3.8) is 0 Å². The quantitative estimate of drug-likeness (QED) is 0.352. The Morgan fingerprint density at radius 2 is 1.25 bits per heavy atom. The normalized spacial score (nSPS) is 36.2. The minimum atomic E-state index is 0.0204. The average Bonchev–Trinajstić information content (AvgIpc) is 2.72. The molecule has 0 amide bonds. The minimum absolute atomic E-state index is 0.0204. The third kappa shape index (κ3) is 7.03. The molecule has 4 atom stereocenters. The summed E-state index contributed by atoms with van der Waals surface area (Å²) in [4.78, 5) is 0. The van der Waals surface area contributed by atoms with Crippen molar-refractivity contribution in [2.45, 2.75) is 141 Å². The summed E-state index contributed by atoms with van der Waals surface area (Å²) in [7, 11) is 0. The first-order valence-electron chi connectivity index (χ1n) is 13.5. The standard InChI is InChI=1S/C27H50O/c1-2-3-4-5-6-7-8-9-10-12-22-15-17-23(18-16-22)26-14-11-13-24-21-25(28)19-20-27(24)26/h22-28H,2-21H2,1H3. The van der Waals surface area contributed by atoms with Crippen LogP contribution < -0.4 is 0 Å². The number of hydrogen-bond acceptors (Lipinski definition) is 1. The van der Waals surface area contributed by atoms with E-state index in [9.17, 15) is 5.11 Å². The van der Waals surface area contributed by atoms with Gasteiger partial charge in [-0.05, 0) is 68.1 Å². The topological polar surface area (TPSA) is 20.2 Å². The van der Waals surface area contributed by atoms with Crippen molar-refractivity contribution in [3.05, 3.63) is 0 Å². The second kappa shape index (κ2) is 12.6. The minimum Gasteiger partial charge on any atom is -0.393 e. The van der Waals surface area contributed by atoms with Crippen LogP contribution in [-0.4, -0.2) is 11.2 Å². The van der Waals surface area contributed by atoms with E-state index in [1.54, 1.807) is 0 Å². The van der Waals surface area contributed by atoms with Crippen molar-refractivity contribution in [2.24, 2.45) is 29.6 Å². The first kappa shape index (κ1) is 22.6. The summed E-state index contributed by atoms with van der Waals surface area (Å²) in [5.41, 5.74) is 0. The average molecular weight is 391 g/mol. The van der Waals surface area contributed by atoms with Gasteiger partial charge in [0.05, 0.1) is 6.10 Å². The zero-order valence-electron chi connectivity index (χ0n) is 19.1. The molecule has 3 fully saturated rings. The van der Waals surface area contributed by atoms with Crippen LogP contribution in [0.1, 0.15) is 135 Å². The van der Waals surface area contributed by atoms with Crippen LogP contribution in [-0.2, 0) is 0 Å². The number of hydrogen-bond donors (Lipinski definition) is 1. The second-order valence-corrected chi connectivity index (χ2v) is 10.9. The lowest BCUT2D eigenvalue weighted by Crippen LogP contribution is -2.39. The molecule has 3 aliphatic rings. The molecule has 3 aliphatic carbocycles. The Balaban J connectivity index is 1.25. The Labute approximate surface area is 176 Å². The lowest BCUT2D eigenvalue weighted by atomic mass is 9.59. The van der Waals surface area contributed by atoms with Crippen molar-refractivity contribution in [2.75, 3.05) is 0 Å². The number of rotatable bonds is 11. The fraction of sp³-hybridized carbons (Fsp3) is 1.00. The smallest absolute Gasteiger partial charge is 0.0543 e. The molecule has 3 rings (SSSR count). The Kier molecular flexibility index (Phi) is 10.2. The largest absolute Gasteiger partial charge is 0.393 e. The van der Waals surface area contributed by atoms with Crippen LogP contribution in [0.2, 0.25) is 0 Å². The first-order chi connectivity index (χ1) is 13.8. The lowest BCUT2D eigenvalue weighted by molar-refractivity contribution is -0.00583. The van der Waals surface area contributed by atoms with Crippen LogP contribution in [0.3, 0.4) is 0 Å². The van der Waals surface area contributed by atoms with Crippen LogP contribution in [0, 0.1) is 29.6 Å². The van der Waals surface area contributed by atoms with Gasteiger partial charge in [-0.2, -0.15) is 0 Å². The van der Waals surface area contributed by atoms with Gasteiger partial charge in [-0.3, -0.25) is 0 Å². The number of aliphatic hydroxyl groups excluding tert-OH is 1. The Bertz CT molecular complexity index is 397. The van der Waals surface area contributed by atoms with Crippen molar-refractivity contribution in [3.8, 4) is 0 Å². The molecule has 0 radical (unpaired) electrons. The molecule has 164 valence electrons. The number of aliphatic hydroxyl groups is 1. The van der Waals surface area contributed by atoms with Crippen molar-refractivity contribution < 1.29 is 5.11 Å². The third-order valence-corrected chi connectivity index (χ3v) is 8.89. The maximum absolute atomic E-state index is 10.1. The van der Waals surface area contributed by atoms with E-state index in [1.807, 2.05) is 0 Å². The van der Waals surface area contributed by atoms with E-state index in [1.165, 1.54) is 116 Å². The van der Waals surface area contributed by atoms with Gasteiger partial charge in [-0.15, -0.1) is 0 Å². The summed E-state index contributed by atoms with van der Waals surface area (Å²) in [6, 6.07) is 0. The van der Waals surface area contributed by atoms with E-state index < -0.39 is 0 Å². The maximum Gasteiger partial charge on any atom is 0.0543 e. The monoisotopic (exact) mass is 390 g/mol. The molecule has 1 N–H and O–H groups in total. The molecule has 0 aromatic heterocycles. The van der Waals surface area contributed by atoms with Gasteiger partial charge in [-0.25, -0.2) is 0 Å². The zero-order chi connectivity index (χ0) is 19.6. The molecular formula is C27H50O. The van der Waals surface area contributed by atoms with E-state index in [0.29, 0.717) is 0 Å². The third-order valence-electron chi connectivity index (χ3n) is 8.89. The Hall–Kier alpha value is -0.0400. The van der Waals surface area contributed by atoms with Crippen LogP contribution >= 0.6 is 0 Å². The highest BCUT2D eigenvalue weighted by atomic mass is 16.3. The molecule has 0 aliphatic heterocycles. The van der Waals surface area contributed by atoms with Crippen molar-refractivity contribution >= 4 is 0 Å². The van der Waals surface area contributed by atoms with Gasteiger partial charge in [0.15, 0.2) is 0 Å². The van der Waals surface area contributed by atoms with Crippen LogP contribution in [0.5, 0.6) is 0 Å². The molecular weight excluding hydrogens is 340 g/mol. The summed E-state index contributed by atoms with van der Waals surface area (Å²) in [6.45, 7) is 2.31.